The van der Waals surface area contributed by atoms with E-state index >= 15 is 0 Å². The number of rotatable bonds is 3. The lowest BCUT2D eigenvalue weighted by atomic mass is 9.97. The number of benzene rings is 1. The second-order valence-electron chi connectivity index (χ2n) is 6.07. The quantitative estimate of drug-likeness (QED) is 0.891. The minimum absolute atomic E-state index is 0. The third kappa shape index (κ3) is 4.45. The number of amides is 2. The first kappa shape index (κ1) is 17.8. The number of hydrogen-bond donors (Lipinski definition) is 2. The van der Waals surface area contributed by atoms with Crippen LogP contribution in [-0.4, -0.2) is 31.4 Å². The number of nitrogens with zero attached hydrogens (tertiary/aromatic N) is 1. The van der Waals surface area contributed by atoms with Crippen molar-refractivity contribution >= 4 is 35.6 Å². The first-order valence-electron chi connectivity index (χ1n) is 8.16. The molecule has 1 aromatic rings. The van der Waals surface area contributed by atoms with Crippen LogP contribution in [0.2, 0.25) is 0 Å². The van der Waals surface area contributed by atoms with Crippen LogP contribution < -0.4 is 15.5 Å². The molecule has 2 saturated heterocycles. The Balaban J connectivity index is 0.00000192. The zero-order valence-corrected chi connectivity index (χ0v) is 14.0. The van der Waals surface area contributed by atoms with Crippen molar-refractivity contribution in [1.29, 1.82) is 0 Å². The summed E-state index contributed by atoms with van der Waals surface area (Å²) in [7, 11) is 0. The molecule has 1 aromatic carbocycles. The van der Waals surface area contributed by atoms with Crippen LogP contribution in [0.25, 0.3) is 0 Å². The van der Waals surface area contributed by atoms with Gasteiger partial charge in [-0.1, -0.05) is 6.07 Å². The second kappa shape index (κ2) is 8.31. The van der Waals surface area contributed by atoms with Crippen LogP contribution in [0.5, 0.6) is 0 Å². The molecule has 0 aliphatic carbocycles. The molecular weight excluding hydrogens is 314 g/mol. The Morgan fingerprint density at radius 2 is 2.00 bits per heavy atom. The highest BCUT2D eigenvalue weighted by molar-refractivity contribution is 5.96. The second-order valence-corrected chi connectivity index (χ2v) is 6.07. The van der Waals surface area contributed by atoms with E-state index in [4.69, 9.17) is 0 Å². The minimum Gasteiger partial charge on any atom is -0.326 e. The third-order valence-electron chi connectivity index (χ3n) is 4.46. The highest BCUT2D eigenvalue weighted by atomic mass is 35.5. The van der Waals surface area contributed by atoms with Gasteiger partial charge in [0.15, 0.2) is 0 Å². The van der Waals surface area contributed by atoms with Crippen LogP contribution in [0.3, 0.4) is 0 Å². The summed E-state index contributed by atoms with van der Waals surface area (Å²) in [5.74, 6) is 0.346. The van der Waals surface area contributed by atoms with Gasteiger partial charge in [0.05, 0.1) is 0 Å². The lowest BCUT2D eigenvalue weighted by Gasteiger charge is -2.27. The molecular formula is C17H24ClN3O2. The molecule has 0 spiro atoms. The lowest BCUT2D eigenvalue weighted by Crippen LogP contribution is -2.35. The Bertz CT molecular complexity index is 559. The summed E-state index contributed by atoms with van der Waals surface area (Å²) >= 11 is 0. The lowest BCUT2D eigenvalue weighted by molar-refractivity contribution is -0.120. The van der Waals surface area contributed by atoms with Crippen molar-refractivity contribution in [3.63, 3.8) is 0 Å². The smallest absolute Gasteiger partial charge is 0.227 e. The Morgan fingerprint density at radius 1 is 1.22 bits per heavy atom. The Labute approximate surface area is 143 Å². The normalized spacial score (nSPS) is 19.1. The molecule has 2 heterocycles. The maximum Gasteiger partial charge on any atom is 0.227 e. The minimum atomic E-state index is 0. The van der Waals surface area contributed by atoms with Crippen molar-refractivity contribution in [1.82, 2.24) is 5.32 Å². The summed E-state index contributed by atoms with van der Waals surface area (Å²) in [5.41, 5.74) is 1.66. The van der Waals surface area contributed by atoms with Gasteiger partial charge in [-0.05, 0) is 57.0 Å². The van der Waals surface area contributed by atoms with E-state index in [1.807, 2.05) is 29.2 Å². The molecule has 5 nitrogen and oxygen atoms in total. The molecule has 3 rings (SSSR count). The molecule has 2 aliphatic heterocycles. The van der Waals surface area contributed by atoms with Gasteiger partial charge in [0.1, 0.15) is 0 Å². The van der Waals surface area contributed by atoms with Gasteiger partial charge in [-0.25, -0.2) is 0 Å². The maximum atomic E-state index is 12.3. The van der Waals surface area contributed by atoms with Gasteiger partial charge in [-0.3, -0.25) is 9.59 Å². The van der Waals surface area contributed by atoms with Crippen molar-refractivity contribution in [2.24, 2.45) is 5.92 Å². The summed E-state index contributed by atoms with van der Waals surface area (Å²) in [4.78, 5) is 26.1. The standard InChI is InChI=1S/C17H23N3O2.ClH/c21-16-6-1-2-11-20(16)15-5-3-4-14(12-15)19-17(22)13-7-9-18-10-8-13;/h3-5,12-13,18H,1-2,6-11H2,(H,19,22);1H. The summed E-state index contributed by atoms with van der Waals surface area (Å²) in [6, 6.07) is 7.62. The molecule has 0 atom stereocenters. The van der Waals surface area contributed by atoms with E-state index in [1.54, 1.807) is 0 Å². The van der Waals surface area contributed by atoms with Gasteiger partial charge in [-0.2, -0.15) is 0 Å². The molecule has 0 unspecified atom stereocenters. The van der Waals surface area contributed by atoms with Gasteiger partial charge < -0.3 is 15.5 Å². The molecule has 2 fully saturated rings. The predicted octanol–water partition coefficient (Wildman–Crippen LogP) is 2.56. The van der Waals surface area contributed by atoms with Crippen molar-refractivity contribution < 1.29 is 9.59 Å². The largest absolute Gasteiger partial charge is 0.326 e. The highest BCUT2D eigenvalue weighted by Gasteiger charge is 2.22. The maximum absolute atomic E-state index is 12.3. The van der Waals surface area contributed by atoms with Gasteiger partial charge in [0.2, 0.25) is 11.8 Å². The zero-order chi connectivity index (χ0) is 15.4. The van der Waals surface area contributed by atoms with Crippen LogP contribution in [-0.2, 0) is 9.59 Å². The SMILES string of the molecule is Cl.O=C(Nc1cccc(N2CCCCC2=O)c1)C1CCNCC1. The van der Waals surface area contributed by atoms with Crippen molar-refractivity contribution in [2.75, 3.05) is 29.9 Å². The van der Waals surface area contributed by atoms with Gasteiger partial charge in [0, 0.05) is 30.3 Å². The van der Waals surface area contributed by atoms with Gasteiger partial charge in [0.25, 0.3) is 0 Å². The fraction of sp³-hybridized carbons (Fsp3) is 0.529. The van der Waals surface area contributed by atoms with Crippen LogP contribution in [0.4, 0.5) is 11.4 Å². The fourth-order valence-electron chi connectivity index (χ4n) is 3.16. The topological polar surface area (TPSA) is 61.4 Å². The van der Waals surface area contributed by atoms with Crippen LogP contribution >= 0.6 is 12.4 Å². The Kier molecular flexibility index (Phi) is 6.42. The van der Waals surface area contributed by atoms with E-state index < -0.39 is 0 Å². The summed E-state index contributed by atoms with van der Waals surface area (Å²) in [6.45, 7) is 2.57. The average Bonchev–Trinajstić information content (AvgIpc) is 2.56. The van der Waals surface area contributed by atoms with Crippen molar-refractivity contribution in [3.05, 3.63) is 24.3 Å². The molecule has 2 N–H and O–H groups in total. The summed E-state index contributed by atoms with van der Waals surface area (Å²) in [6.07, 6.45) is 4.40. The number of piperidine rings is 2. The number of nitrogens with one attached hydrogen (secondary N) is 2. The molecule has 2 amide bonds. The molecule has 126 valence electrons. The van der Waals surface area contributed by atoms with Crippen molar-refractivity contribution in [2.45, 2.75) is 32.1 Å². The van der Waals surface area contributed by atoms with E-state index in [0.717, 1.165) is 56.7 Å². The molecule has 6 heteroatoms. The molecule has 23 heavy (non-hydrogen) atoms. The van der Waals surface area contributed by atoms with E-state index in [-0.39, 0.29) is 30.1 Å². The number of carbonyl (C=O) groups is 2. The van der Waals surface area contributed by atoms with E-state index in [1.165, 1.54) is 0 Å². The molecule has 0 radical (unpaired) electrons. The number of halogens is 1. The first-order valence-corrected chi connectivity index (χ1v) is 8.16. The number of carbonyl (C=O) groups excluding carboxylic acids is 2. The van der Waals surface area contributed by atoms with Crippen LogP contribution in [0.15, 0.2) is 24.3 Å². The van der Waals surface area contributed by atoms with Gasteiger partial charge in [-0.15, -0.1) is 12.4 Å². The monoisotopic (exact) mass is 337 g/mol. The van der Waals surface area contributed by atoms with E-state index in [0.29, 0.717) is 6.42 Å². The molecule has 0 aromatic heterocycles. The number of hydrogen-bond acceptors (Lipinski definition) is 3. The Hall–Kier alpha value is -1.59. The van der Waals surface area contributed by atoms with Crippen LogP contribution in [0.1, 0.15) is 32.1 Å². The summed E-state index contributed by atoms with van der Waals surface area (Å²) < 4.78 is 0. The van der Waals surface area contributed by atoms with Crippen molar-refractivity contribution in [3.8, 4) is 0 Å². The van der Waals surface area contributed by atoms with E-state index in [9.17, 15) is 9.59 Å². The van der Waals surface area contributed by atoms with Gasteiger partial charge >= 0.3 is 0 Å². The predicted molar refractivity (Wildman–Crippen MR) is 94.1 cm³/mol. The van der Waals surface area contributed by atoms with Crippen LogP contribution in [0, 0.1) is 5.92 Å². The third-order valence-corrected chi connectivity index (χ3v) is 4.46. The fourth-order valence-corrected chi connectivity index (χ4v) is 3.16. The Morgan fingerprint density at radius 3 is 2.74 bits per heavy atom. The molecule has 0 bridgehead atoms. The average molecular weight is 338 g/mol. The van der Waals surface area contributed by atoms with E-state index in [2.05, 4.69) is 10.6 Å². The zero-order valence-electron chi connectivity index (χ0n) is 13.2. The molecule has 0 saturated carbocycles. The summed E-state index contributed by atoms with van der Waals surface area (Å²) in [5, 5.41) is 6.27. The molecule has 2 aliphatic rings. The highest BCUT2D eigenvalue weighted by Crippen LogP contribution is 2.24. The number of anilines is 2. The first-order chi connectivity index (χ1) is 10.7.